The van der Waals surface area contributed by atoms with E-state index in [4.69, 9.17) is 0 Å². The van der Waals surface area contributed by atoms with Crippen molar-refractivity contribution in [2.75, 3.05) is 18.1 Å². The first kappa shape index (κ1) is 12.3. The number of anilines is 1. The molecule has 0 aliphatic carbocycles. The van der Waals surface area contributed by atoms with Gasteiger partial charge in [-0.05, 0) is 36.6 Å². The maximum absolute atomic E-state index is 11.4. The van der Waals surface area contributed by atoms with Gasteiger partial charge in [0.2, 0.25) is 0 Å². The van der Waals surface area contributed by atoms with Crippen LogP contribution in [0.5, 0.6) is 0 Å². The highest BCUT2D eigenvalue weighted by atomic mass is 35.5. The van der Waals surface area contributed by atoms with Crippen molar-refractivity contribution in [3.05, 3.63) is 23.3 Å². The summed E-state index contributed by atoms with van der Waals surface area (Å²) in [7, 11) is -3.08. The number of sulfone groups is 1. The average molecular weight is 248 g/mol. The minimum atomic E-state index is -3.08. The summed E-state index contributed by atoms with van der Waals surface area (Å²) in [5.74, 6) is 0. The van der Waals surface area contributed by atoms with Gasteiger partial charge in [0, 0.05) is 18.5 Å². The molecule has 0 fully saturated rings. The van der Waals surface area contributed by atoms with Crippen molar-refractivity contribution in [1.29, 1.82) is 0 Å². The second kappa shape index (κ2) is 4.02. The minimum absolute atomic E-state index is 0. The van der Waals surface area contributed by atoms with Gasteiger partial charge in [-0.25, -0.2) is 8.42 Å². The molecule has 2 rings (SSSR count). The van der Waals surface area contributed by atoms with E-state index >= 15 is 0 Å². The summed E-state index contributed by atoms with van der Waals surface area (Å²) in [6.07, 6.45) is 2.18. The van der Waals surface area contributed by atoms with Gasteiger partial charge >= 0.3 is 0 Å². The molecule has 84 valence electrons. The van der Waals surface area contributed by atoms with E-state index in [-0.39, 0.29) is 12.4 Å². The van der Waals surface area contributed by atoms with Crippen molar-refractivity contribution < 1.29 is 8.42 Å². The summed E-state index contributed by atoms with van der Waals surface area (Å²) in [6.45, 7) is 2.78. The summed E-state index contributed by atoms with van der Waals surface area (Å²) >= 11 is 0. The number of nitrogens with one attached hydrogen (secondary N) is 1. The van der Waals surface area contributed by atoms with Gasteiger partial charge in [0.1, 0.15) is 0 Å². The molecule has 1 aliphatic rings. The summed E-state index contributed by atoms with van der Waals surface area (Å²) in [6, 6.07) is 3.54. The Hall–Kier alpha value is -0.740. The van der Waals surface area contributed by atoms with Gasteiger partial charge in [0.15, 0.2) is 9.84 Å². The Morgan fingerprint density at radius 2 is 2.00 bits per heavy atom. The van der Waals surface area contributed by atoms with Crippen molar-refractivity contribution >= 4 is 27.9 Å². The van der Waals surface area contributed by atoms with Crippen LogP contribution >= 0.6 is 12.4 Å². The van der Waals surface area contributed by atoms with E-state index in [1.54, 1.807) is 6.07 Å². The van der Waals surface area contributed by atoms with Crippen LogP contribution < -0.4 is 5.32 Å². The monoisotopic (exact) mass is 247 g/mol. The van der Waals surface area contributed by atoms with Crippen LogP contribution in [0.4, 0.5) is 5.69 Å². The van der Waals surface area contributed by atoms with Crippen LogP contribution in [-0.4, -0.2) is 21.2 Å². The van der Waals surface area contributed by atoms with Gasteiger partial charge in [0.25, 0.3) is 0 Å². The molecule has 0 bridgehead atoms. The van der Waals surface area contributed by atoms with Gasteiger partial charge in [-0.15, -0.1) is 12.4 Å². The van der Waals surface area contributed by atoms with Gasteiger partial charge in [0.05, 0.1) is 4.90 Å². The number of hydrogen-bond donors (Lipinski definition) is 1. The largest absolute Gasteiger partial charge is 0.384 e. The van der Waals surface area contributed by atoms with Crippen molar-refractivity contribution in [3.63, 3.8) is 0 Å². The highest BCUT2D eigenvalue weighted by Crippen LogP contribution is 2.29. The Morgan fingerprint density at radius 1 is 1.33 bits per heavy atom. The molecular weight excluding hydrogens is 234 g/mol. The molecule has 0 saturated heterocycles. The number of hydrogen-bond acceptors (Lipinski definition) is 3. The van der Waals surface area contributed by atoms with E-state index in [1.165, 1.54) is 6.26 Å². The Morgan fingerprint density at radius 3 is 2.60 bits per heavy atom. The first-order chi connectivity index (χ1) is 6.50. The molecule has 0 aromatic heterocycles. The van der Waals surface area contributed by atoms with Crippen molar-refractivity contribution in [2.24, 2.45) is 0 Å². The minimum Gasteiger partial charge on any atom is -0.384 e. The predicted molar refractivity (Wildman–Crippen MR) is 63.7 cm³/mol. The van der Waals surface area contributed by atoms with Crippen LogP contribution in [0.25, 0.3) is 0 Å². The molecule has 5 heteroatoms. The molecule has 0 radical (unpaired) electrons. The van der Waals surface area contributed by atoms with Gasteiger partial charge in [-0.3, -0.25) is 0 Å². The zero-order valence-corrected chi connectivity index (χ0v) is 10.3. The summed E-state index contributed by atoms with van der Waals surface area (Å²) < 4.78 is 22.9. The molecule has 15 heavy (non-hydrogen) atoms. The number of fused-ring (bicyclic) bond motifs is 1. The van der Waals surface area contributed by atoms with Gasteiger partial charge < -0.3 is 5.32 Å². The lowest BCUT2D eigenvalue weighted by Gasteiger charge is -2.08. The van der Waals surface area contributed by atoms with E-state index < -0.39 is 9.84 Å². The van der Waals surface area contributed by atoms with Crippen LogP contribution in [-0.2, 0) is 16.3 Å². The highest BCUT2D eigenvalue weighted by molar-refractivity contribution is 7.90. The number of halogens is 1. The van der Waals surface area contributed by atoms with Crippen molar-refractivity contribution in [2.45, 2.75) is 18.2 Å². The Balaban J connectivity index is 0.00000112. The summed E-state index contributed by atoms with van der Waals surface area (Å²) in [5, 5.41) is 3.22. The molecule has 0 amide bonds. The smallest absolute Gasteiger partial charge is 0.175 e. The van der Waals surface area contributed by atoms with Gasteiger partial charge in [-0.2, -0.15) is 0 Å². The fourth-order valence-electron chi connectivity index (χ4n) is 1.95. The molecule has 1 heterocycles. The van der Waals surface area contributed by atoms with Crippen LogP contribution in [0.2, 0.25) is 0 Å². The second-order valence-electron chi connectivity index (χ2n) is 3.66. The highest BCUT2D eigenvalue weighted by Gasteiger charge is 2.18. The SMILES string of the molecule is Cc1c(S(C)(=O)=O)ccc2c1CCN2.Cl. The maximum atomic E-state index is 11.4. The van der Waals surface area contributed by atoms with Crippen molar-refractivity contribution in [1.82, 2.24) is 0 Å². The van der Waals surface area contributed by atoms with Crippen LogP contribution in [0.15, 0.2) is 17.0 Å². The lowest BCUT2D eigenvalue weighted by atomic mass is 10.1. The number of benzene rings is 1. The first-order valence-corrected chi connectivity index (χ1v) is 6.45. The zero-order valence-electron chi connectivity index (χ0n) is 8.70. The van der Waals surface area contributed by atoms with E-state index in [9.17, 15) is 8.42 Å². The van der Waals surface area contributed by atoms with E-state index in [0.29, 0.717) is 4.90 Å². The number of rotatable bonds is 1. The molecule has 1 N–H and O–H groups in total. The van der Waals surface area contributed by atoms with Crippen LogP contribution in [0.3, 0.4) is 0 Å². The van der Waals surface area contributed by atoms with E-state index in [2.05, 4.69) is 5.32 Å². The molecule has 1 aliphatic heterocycles. The lowest BCUT2D eigenvalue weighted by molar-refractivity contribution is 0.601. The summed E-state index contributed by atoms with van der Waals surface area (Å²) in [4.78, 5) is 0.458. The quantitative estimate of drug-likeness (QED) is 0.823. The van der Waals surface area contributed by atoms with Gasteiger partial charge in [-0.1, -0.05) is 0 Å². The second-order valence-corrected chi connectivity index (χ2v) is 5.65. The third kappa shape index (κ3) is 2.11. The van der Waals surface area contributed by atoms with Crippen LogP contribution in [0.1, 0.15) is 11.1 Å². The molecule has 0 atom stereocenters. The predicted octanol–water partition coefficient (Wildman–Crippen LogP) is 1.79. The molecule has 0 unspecified atom stereocenters. The Bertz CT molecular complexity index is 482. The van der Waals surface area contributed by atoms with Crippen molar-refractivity contribution in [3.8, 4) is 0 Å². The topological polar surface area (TPSA) is 46.2 Å². The molecule has 3 nitrogen and oxygen atoms in total. The average Bonchev–Trinajstić information content (AvgIpc) is 2.50. The van der Waals surface area contributed by atoms with Crippen LogP contribution in [0, 0.1) is 6.92 Å². The molecule has 0 spiro atoms. The first-order valence-electron chi connectivity index (χ1n) is 4.56. The Kier molecular flexibility index (Phi) is 3.31. The fraction of sp³-hybridized carbons (Fsp3) is 0.400. The molecule has 1 aromatic rings. The standard InChI is InChI=1S/C10H13NO2S.ClH/c1-7-8-5-6-11-9(8)3-4-10(7)14(2,12)13;/h3-4,11H,5-6H2,1-2H3;1H. The molecule has 0 saturated carbocycles. The van der Waals surface area contributed by atoms with E-state index in [1.807, 2.05) is 13.0 Å². The van der Waals surface area contributed by atoms with E-state index in [0.717, 1.165) is 29.8 Å². The third-order valence-electron chi connectivity index (χ3n) is 2.64. The Labute approximate surface area is 96.2 Å². The third-order valence-corrected chi connectivity index (χ3v) is 3.88. The normalized spacial score (nSPS) is 14.0. The molecule has 1 aromatic carbocycles. The maximum Gasteiger partial charge on any atom is 0.175 e. The molecular formula is C10H14ClNO2S. The lowest BCUT2D eigenvalue weighted by Crippen LogP contribution is -2.01. The summed E-state index contributed by atoms with van der Waals surface area (Å²) in [5.41, 5.74) is 3.12. The fourth-order valence-corrected chi connectivity index (χ4v) is 2.94. The zero-order chi connectivity index (χ0) is 10.3.